The SMILES string of the molecule is CCCCCCCCCCCCOC1O[C@H](CO)[C@@H](O)[C@H](O)[C@H]1OC(=O)C(O)CC(=O)[O-].[Na+]. The fraction of sp³-hybridized carbons (Fsp3) is 0.909. The average molecular weight is 487 g/mol. The van der Waals surface area contributed by atoms with Crippen molar-refractivity contribution >= 4 is 11.9 Å². The van der Waals surface area contributed by atoms with Gasteiger partial charge in [-0.2, -0.15) is 0 Å². The second-order valence-electron chi connectivity index (χ2n) is 8.25. The van der Waals surface area contributed by atoms with Gasteiger partial charge in [-0.15, -0.1) is 0 Å². The van der Waals surface area contributed by atoms with Crippen LogP contribution in [-0.4, -0.2) is 82.4 Å². The Bertz CT molecular complexity index is 535. The van der Waals surface area contributed by atoms with Crippen molar-refractivity contribution in [2.45, 2.75) is 114 Å². The monoisotopic (exact) mass is 486 g/mol. The molecule has 0 aromatic carbocycles. The van der Waals surface area contributed by atoms with E-state index in [1.165, 1.54) is 38.5 Å². The second-order valence-corrected chi connectivity index (χ2v) is 8.25. The van der Waals surface area contributed by atoms with E-state index in [-0.39, 0.29) is 36.2 Å². The van der Waals surface area contributed by atoms with E-state index in [0.717, 1.165) is 19.3 Å². The van der Waals surface area contributed by atoms with Crippen LogP contribution in [0.4, 0.5) is 0 Å². The molecule has 10 nitrogen and oxygen atoms in total. The molecule has 0 aromatic rings. The molecule has 1 rings (SSSR count). The van der Waals surface area contributed by atoms with Crippen LogP contribution in [0.1, 0.15) is 77.6 Å². The van der Waals surface area contributed by atoms with Crippen LogP contribution in [0.5, 0.6) is 0 Å². The van der Waals surface area contributed by atoms with Gasteiger partial charge in [0.2, 0.25) is 0 Å². The minimum Gasteiger partial charge on any atom is -0.550 e. The molecule has 2 unspecified atom stereocenters. The van der Waals surface area contributed by atoms with Crippen molar-refractivity contribution in [2.24, 2.45) is 0 Å². The number of carboxylic acids is 1. The first-order chi connectivity index (χ1) is 15.3. The van der Waals surface area contributed by atoms with Crippen LogP contribution in [0, 0.1) is 0 Å². The molecule has 0 spiro atoms. The molecule has 1 fully saturated rings. The first kappa shape index (κ1) is 32.7. The van der Waals surface area contributed by atoms with Crippen molar-refractivity contribution in [3.8, 4) is 0 Å². The van der Waals surface area contributed by atoms with Gasteiger partial charge in [0.25, 0.3) is 0 Å². The third-order valence-corrected chi connectivity index (χ3v) is 5.49. The van der Waals surface area contributed by atoms with Crippen LogP contribution in [-0.2, 0) is 23.8 Å². The van der Waals surface area contributed by atoms with Crippen molar-refractivity contribution < 1.29 is 78.9 Å². The Morgan fingerprint density at radius 2 is 1.52 bits per heavy atom. The molecule has 0 amide bonds. The van der Waals surface area contributed by atoms with Crippen LogP contribution in [0.15, 0.2) is 0 Å². The maximum atomic E-state index is 11.9. The van der Waals surface area contributed by atoms with Gasteiger partial charge in [0.05, 0.1) is 6.61 Å². The van der Waals surface area contributed by atoms with E-state index >= 15 is 0 Å². The second kappa shape index (κ2) is 19.0. The zero-order valence-electron chi connectivity index (χ0n) is 19.9. The molecule has 11 heteroatoms. The van der Waals surface area contributed by atoms with Gasteiger partial charge in [-0.1, -0.05) is 64.7 Å². The number of ether oxygens (including phenoxy) is 3. The first-order valence-corrected chi connectivity index (χ1v) is 11.6. The summed E-state index contributed by atoms with van der Waals surface area (Å²) in [6.07, 6.45) is 1.21. The van der Waals surface area contributed by atoms with Gasteiger partial charge in [-0.05, 0) is 6.42 Å². The van der Waals surface area contributed by atoms with Gasteiger partial charge in [-0.3, -0.25) is 0 Å². The van der Waals surface area contributed by atoms with E-state index in [2.05, 4.69) is 6.92 Å². The number of hydrogen-bond donors (Lipinski definition) is 4. The standard InChI is InChI=1S/C22H40O10.Na/c1-2-3-4-5-6-7-8-9-10-11-12-30-22-20(19(28)18(27)16(14-23)31-22)32-21(29)15(24)13-17(25)26;/h15-16,18-20,22-24,27-28H,2-14H2,1H3,(H,25,26);/q;+1/p-1/t15?,16-,18-,19+,20-,22?;/m1./s1. The number of carbonyl (C=O) groups is 2. The summed E-state index contributed by atoms with van der Waals surface area (Å²) in [6.45, 7) is 1.84. The molecule has 33 heavy (non-hydrogen) atoms. The van der Waals surface area contributed by atoms with Crippen molar-refractivity contribution in [1.29, 1.82) is 0 Å². The number of aliphatic hydroxyl groups excluding tert-OH is 4. The number of carbonyl (C=O) groups excluding carboxylic acids is 2. The van der Waals surface area contributed by atoms with Crippen molar-refractivity contribution in [2.75, 3.05) is 13.2 Å². The Morgan fingerprint density at radius 1 is 0.970 bits per heavy atom. The minimum atomic E-state index is -2.00. The van der Waals surface area contributed by atoms with Crippen molar-refractivity contribution in [3.05, 3.63) is 0 Å². The number of rotatable bonds is 17. The fourth-order valence-corrected chi connectivity index (χ4v) is 3.56. The molecule has 0 radical (unpaired) electrons. The van der Waals surface area contributed by atoms with Gasteiger partial charge >= 0.3 is 35.5 Å². The van der Waals surface area contributed by atoms with E-state index in [1.54, 1.807) is 0 Å². The van der Waals surface area contributed by atoms with Crippen LogP contribution >= 0.6 is 0 Å². The Labute approximate surface area is 217 Å². The van der Waals surface area contributed by atoms with Gasteiger partial charge in [0.15, 0.2) is 18.5 Å². The average Bonchev–Trinajstić information content (AvgIpc) is 2.75. The Kier molecular flexibility index (Phi) is 18.8. The summed E-state index contributed by atoms with van der Waals surface area (Å²) < 4.78 is 16.0. The number of aliphatic carboxylic acids is 1. The molecular formula is C22H39NaO10. The molecule has 188 valence electrons. The molecule has 1 saturated heterocycles. The van der Waals surface area contributed by atoms with Gasteiger partial charge in [0.1, 0.15) is 18.3 Å². The number of hydrogen-bond acceptors (Lipinski definition) is 10. The predicted molar refractivity (Wildman–Crippen MR) is 111 cm³/mol. The molecule has 0 bridgehead atoms. The van der Waals surface area contributed by atoms with E-state index in [4.69, 9.17) is 14.2 Å². The molecule has 4 N–H and O–H groups in total. The van der Waals surface area contributed by atoms with Gasteiger partial charge in [0, 0.05) is 19.0 Å². The van der Waals surface area contributed by atoms with E-state index in [0.29, 0.717) is 6.42 Å². The largest absolute Gasteiger partial charge is 1.00 e. The third kappa shape index (κ3) is 12.8. The van der Waals surface area contributed by atoms with Gasteiger partial charge < -0.3 is 44.5 Å². The quantitative estimate of drug-likeness (QED) is 0.0933. The van der Waals surface area contributed by atoms with E-state index in [1.807, 2.05) is 0 Å². The van der Waals surface area contributed by atoms with Gasteiger partial charge in [-0.25, -0.2) is 4.79 Å². The predicted octanol–water partition coefficient (Wildman–Crippen LogP) is -3.22. The Hall–Kier alpha value is -0.300. The van der Waals surface area contributed by atoms with Crippen molar-refractivity contribution in [1.82, 2.24) is 0 Å². The summed E-state index contributed by atoms with van der Waals surface area (Å²) >= 11 is 0. The number of unbranched alkanes of at least 4 members (excludes halogenated alkanes) is 9. The number of esters is 1. The molecule has 0 aromatic heterocycles. The summed E-state index contributed by atoms with van der Waals surface area (Å²) in [6, 6.07) is 0. The number of aliphatic hydroxyl groups is 4. The zero-order chi connectivity index (χ0) is 23.9. The first-order valence-electron chi connectivity index (χ1n) is 11.6. The summed E-state index contributed by atoms with van der Waals surface area (Å²) in [5, 5.41) is 49.8. The zero-order valence-corrected chi connectivity index (χ0v) is 21.9. The molecule has 1 heterocycles. The summed E-state index contributed by atoms with van der Waals surface area (Å²) in [5.74, 6) is -2.96. The maximum absolute atomic E-state index is 11.9. The van der Waals surface area contributed by atoms with Crippen LogP contribution in [0.3, 0.4) is 0 Å². The Morgan fingerprint density at radius 3 is 2.03 bits per heavy atom. The third-order valence-electron chi connectivity index (χ3n) is 5.49. The summed E-state index contributed by atoms with van der Waals surface area (Å²) in [7, 11) is 0. The van der Waals surface area contributed by atoms with Crippen LogP contribution in [0.25, 0.3) is 0 Å². The molecular weight excluding hydrogens is 447 g/mol. The topological polar surface area (TPSA) is 166 Å². The molecule has 0 saturated carbocycles. The molecule has 0 aliphatic carbocycles. The summed E-state index contributed by atoms with van der Waals surface area (Å²) in [5.41, 5.74) is 0. The minimum absolute atomic E-state index is 0. The van der Waals surface area contributed by atoms with Crippen LogP contribution in [0.2, 0.25) is 0 Å². The maximum Gasteiger partial charge on any atom is 1.00 e. The number of carboxylic acid groups (broad SMARTS) is 1. The van der Waals surface area contributed by atoms with Crippen molar-refractivity contribution in [3.63, 3.8) is 0 Å². The van der Waals surface area contributed by atoms with Crippen LogP contribution < -0.4 is 34.7 Å². The molecule has 1 aliphatic rings. The van der Waals surface area contributed by atoms with E-state index < -0.39 is 61.8 Å². The normalized spacial score (nSPS) is 25.8. The Balaban J connectivity index is 0.0000102. The fourth-order valence-electron chi connectivity index (χ4n) is 3.56. The molecule has 6 atom stereocenters. The summed E-state index contributed by atoms with van der Waals surface area (Å²) in [4.78, 5) is 22.5. The smallest absolute Gasteiger partial charge is 0.550 e. The van der Waals surface area contributed by atoms with E-state index in [9.17, 15) is 35.1 Å². The molecule has 1 aliphatic heterocycles.